The number of rotatable bonds is 3. The van der Waals surface area contributed by atoms with E-state index >= 15 is 0 Å². The van der Waals surface area contributed by atoms with Crippen LogP contribution in [0.2, 0.25) is 0 Å². The van der Waals surface area contributed by atoms with Crippen LogP contribution in [0, 0.1) is 4.77 Å². The second-order valence-corrected chi connectivity index (χ2v) is 3.48. The fourth-order valence-corrected chi connectivity index (χ4v) is 1.52. The SMILES string of the molecule is S=c1[nH]ncn1CCc1ccccc1. The lowest BCUT2D eigenvalue weighted by atomic mass is 10.1. The van der Waals surface area contributed by atoms with Gasteiger partial charge in [-0.1, -0.05) is 30.3 Å². The average Bonchev–Trinajstić information content (AvgIpc) is 2.63. The van der Waals surface area contributed by atoms with Gasteiger partial charge in [0.05, 0.1) is 0 Å². The van der Waals surface area contributed by atoms with Crippen LogP contribution in [0.4, 0.5) is 0 Å². The minimum Gasteiger partial charge on any atom is -0.306 e. The first-order chi connectivity index (χ1) is 6.86. The summed E-state index contributed by atoms with van der Waals surface area (Å²) in [4.78, 5) is 0. The number of aryl methyl sites for hydroxylation is 2. The molecule has 1 N–H and O–H groups in total. The van der Waals surface area contributed by atoms with Gasteiger partial charge in [0.25, 0.3) is 0 Å². The van der Waals surface area contributed by atoms with Crippen LogP contribution in [0.15, 0.2) is 36.7 Å². The summed E-state index contributed by atoms with van der Waals surface area (Å²) in [6.45, 7) is 0.874. The molecular weight excluding hydrogens is 194 g/mol. The van der Waals surface area contributed by atoms with Crippen molar-refractivity contribution in [2.75, 3.05) is 0 Å². The Kier molecular flexibility index (Phi) is 2.74. The van der Waals surface area contributed by atoms with Gasteiger partial charge in [-0.15, -0.1) is 0 Å². The quantitative estimate of drug-likeness (QED) is 0.779. The molecule has 3 nitrogen and oxygen atoms in total. The predicted molar refractivity (Wildman–Crippen MR) is 57.6 cm³/mol. The summed E-state index contributed by atoms with van der Waals surface area (Å²) < 4.78 is 2.61. The average molecular weight is 205 g/mol. The van der Waals surface area contributed by atoms with Crippen molar-refractivity contribution in [1.29, 1.82) is 0 Å². The standard InChI is InChI=1S/C10H11N3S/c14-10-12-11-8-13(10)7-6-9-4-2-1-3-5-9/h1-5,8H,6-7H2,(H,12,14). The Bertz CT molecular complexity index is 444. The zero-order chi connectivity index (χ0) is 9.80. The Morgan fingerprint density at radius 2 is 2.07 bits per heavy atom. The van der Waals surface area contributed by atoms with Crippen LogP contribution >= 0.6 is 12.2 Å². The molecule has 0 saturated carbocycles. The first kappa shape index (κ1) is 9.15. The van der Waals surface area contributed by atoms with Gasteiger partial charge in [-0.3, -0.25) is 5.10 Å². The number of hydrogen-bond donors (Lipinski definition) is 1. The number of hydrogen-bond acceptors (Lipinski definition) is 2. The van der Waals surface area contributed by atoms with Gasteiger partial charge < -0.3 is 4.57 Å². The maximum Gasteiger partial charge on any atom is 0.194 e. The lowest BCUT2D eigenvalue weighted by molar-refractivity contribution is 0.685. The minimum absolute atomic E-state index is 0.681. The molecule has 0 amide bonds. The van der Waals surface area contributed by atoms with Crippen molar-refractivity contribution in [2.24, 2.45) is 0 Å². The molecule has 0 radical (unpaired) electrons. The van der Waals surface area contributed by atoms with E-state index in [4.69, 9.17) is 12.2 Å². The number of aromatic amines is 1. The van der Waals surface area contributed by atoms with Gasteiger partial charge in [-0.25, -0.2) is 0 Å². The third-order valence-electron chi connectivity index (χ3n) is 2.10. The third-order valence-corrected chi connectivity index (χ3v) is 2.43. The Morgan fingerprint density at radius 3 is 2.71 bits per heavy atom. The zero-order valence-corrected chi connectivity index (χ0v) is 8.50. The molecule has 0 fully saturated rings. The first-order valence-electron chi connectivity index (χ1n) is 4.50. The van der Waals surface area contributed by atoms with E-state index in [-0.39, 0.29) is 0 Å². The van der Waals surface area contributed by atoms with Crippen molar-refractivity contribution in [1.82, 2.24) is 14.8 Å². The number of H-pyrrole nitrogens is 1. The molecular formula is C10H11N3S. The van der Waals surface area contributed by atoms with Gasteiger partial charge in [0, 0.05) is 6.54 Å². The molecule has 0 unspecified atom stereocenters. The van der Waals surface area contributed by atoms with Crippen LogP contribution in [0.5, 0.6) is 0 Å². The molecule has 2 aromatic rings. The van der Waals surface area contributed by atoms with E-state index in [0.29, 0.717) is 4.77 Å². The van der Waals surface area contributed by atoms with Gasteiger partial charge in [0.2, 0.25) is 0 Å². The maximum atomic E-state index is 5.05. The molecule has 2 rings (SSSR count). The first-order valence-corrected chi connectivity index (χ1v) is 4.91. The normalized spacial score (nSPS) is 10.3. The topological polar surface area (TPSA) is 33.6 Å². The van der Waals surface area contributed by atoms with Crippen LogP contribution in [0.3, 0.4) is 0 Å². The van der Waals surface area contributed by atoms with E-state index in [1.807, 2.05) is 22.8 Å². The highest BCUT2D eigenvalue weighted by Gasteiger charge is 1.95. The zero-order valence-electron chi connectivity index (χ0n) is 7.68. The molecule has 0 saturated heterocycles. The highest BCUT2D eigenvalue weighted by Crippen LogP contribution is 2.01. The van der Waals surface area contributed by atoms with Crippen molar-refractivity contribution >= 4 is 12.2 Å². The summed E-state index contributed by atoms with van der Waals surface area (Å²) in [6, 6.07) is 10.3. The monoisotopic (exact) mass is 205 g/mol. The summed E-state index contributed by atoms with van der Waals surface area (Å²) in [6.07, 6.45) is 2.71. The Labute approximate surface area is 87.4 Å². The summed E-state index contributed by atoms with van der Waals surface area (Å²) in [7, 11) is 0. The second kappa shape index (κ2) is 4.19. The fraction of sp³-hybridized carbons (Fsp3) is 0.200. The van der Waals surface area contributed by atoms with Crippen molar-refractivity contribution < 1.29 is 0 Å². The predicted octanol–water partition coefficient (Wildman–Crippen LogP) is 2.18. The van der Waals surface area contributed by atoms with Crippen LogP contribution in [-0.4, -0.2) is 14.8 Å². The Balaban J connectivity index is 2.02. The lowest BCUT2D eigenvalue weighted by Crippen LogP contribution is -1.99. The fourth-order valence-electron chi connectivity index (χ4n) is 1.32. The van der Waals surface area contributed by atoms with Gasteiger partial charge in [-0.05, 0) is 24.2 Å². The van der Waals surface area contributed by atoms with E-state index in [0.717, 1.165) is 13.0 Å². The molecule has 0 aliphatic heterocycles. The van der Waals surface area contributed by atoms with Crippen LogP contribution in [0.1, 0.15) is 5.56 Å². The van der Waals surface area contributed by atoms with Crippen molar-refractivity contribution in [3.05, 3.63) is 47.0 Å². The Hall–Kier alpha value is -1.42. The van der Waals surface area contributed by atoms with Gasteiger partial charge in [0.15, 0.2) is 4.77 Å². The third kappa shape index (κ3) is 2.09. The minimum atomic E-state index is 0.681. The summed E-state index contributed by atoms with van der Waals surface area (Å²) in [5.74, 6) is 0. The van der Waals surface area contributed by atoms with E-state index in [1.165, 1.54) is 5.56 Å². The molecule has 0 spiro atoms. The molecule has 4 heteroatoms. The Morgan fingerprint density at radius 1 is 1.29 bits per heavy atom. The van der Waals surface area contributed by atoms with Gasteiger partial charge >= 0.3 is 0 Å². The molecule has 1 aromatic carbocycles. The largest absolute Gasteiger partial charge is 0.306 e. The molecule has 0 atom stereocenters. The van der Waals surface area contributed by atoms with E-state index in [2.05, 4.69) is 22.3 Å². The van der Waals surface area contributed by atoms with Crippen LogP contribution < -0.4 is 0 Å². The molecule has 72 valence electrons. The summed E-state index contributed by atoms with van der Waals surface area (Å²) in [5, 5.41) is 6.60. The summed E-state index contributed by atoms with van der Waals surface area (Å²) in [5.41, 5.74) is 1.32. The number of benzene rings is 1. The smallest absolute Gasteiger partial charge is 0.194 e. The number of nitrogens with one attached hydrogen (secondary N) is 1. The van der Waals surface area contributed by atoms with Crippen molar-refractivity contribution in [2.45, 2.75) is 13.0 Å². The van der Waals surface area contributed by atoms with Gasteiger partial charge in [-0.2, -0.15) is 5.10 Å². The lowest BCUT2D eigenvalue weighted by Gasteiger charge is -2.01. The van der Waals surface area contributed by atoms with E-state index in [9.17, 15) is 0 Å². The molecule has 0 aliphatic rings. The molecule has 0 aliphatic carbocycles. The second-order valence-electron chi connectivity index (χ2n) is 3.09. The molecule has 14 heavy (non-hydrogen) atoms. The molecule has 0 bridgehead atoms. The van der Waals surface area contributed by atoms with E-state index in [1.54, 1.807) is 6.33 Å². The summed E-state index contributed by atoms with van der Waals surface area (Å²) >= 11 is 5.05. The number of nitrogens with zero attached hydrogens (tertiary/aromatic N) is 2. The highest BCUT2D eigenvalue weighted by molar-refractivity contribution is 7.71. The van der Waals surface area contributed by atoms with E-state index < -0.39 is 0 Å². The number of aromatic nitrogens is 3. The molecule has 1 heterocycles. The molecule has 1 aromatic heterocycles. The van der Waals surface area contributed by atoms with Crippen molar-refractivity contribution in [3.63, 3.8) is 0 Å². The highest BCUT2D eigenvalue weighted by atomic mass is 32.1. The van der Waals surface area contributed by atoms with Gasteiger partial charge in [0.1, 0.15) is 6.33 Å². The van der Waals surface area contributed by atoms with Crippen LogP contribution in [-0.2, 0) is 13.0 Å². The maximum absolute atomic E-state index is 5.05. The van der Waals surface area contributed by atoms with Crippen molar-refractivity contribution in [3.8, 4) is 0 Å². The van der Waals surface area contributed by atoms with Crippen LogP contribution in [0.25, 0.3) is 0 Å².